The Morgan fingerprint density at radius 2 is 1.89 bits per heavy atom. The number of rotatable bonds is 6. The number of hydrogen-bond acceptors (Lipinski definition) is 2. The van der Waals surface area contributed by atoms with E-state index in [9.17, 15) is 0 Å². The normalized spacial score (nSPS) is 11.6. The lowest BCUT2D eigenvalue weighted by Gasteiger charge is -2.13. The molecule has 0 aliphatic heterocycles. The van der Waals surface area contributed by atoms with Gasteiger partial charge in [-0.3, -0.25) is 0 Å². The van der Waals surface area contributed by atoms with Crippen LogP contribution in [-0.2, 0) is 6.54 Å². The molecule has 2 heteroatoms. The van der Waals surface area contributed by atoms with Gasteiger partial charge in [0.1, 0.15) is 11.3 Å². The summed E-state index contributed by atoms with van der Waals surface area (Å²) >= 11 is 0. The molecular weight excluding hydrogens is 222 g/mol. The minimum atomic E-state index is 0.781. The second-order valence-corrected chi connectivity index (χ2v) is 4.95. The van der Waals surface area contributed by atoms with Crippen molar-refractivity contribution in [3.8, 4) is 0 Å². The molecule has 98 valence electrons. The first-order valence-electron chi connectivity index (χ1n) is 6.94. The molecule has 1 aromatic carbocycles. The van der Waals surface area contributed by atoms with Crippen molar-refractivity contribution in [2.24, 2.45) is 5.92 Å². The molecule has 0 spiro atoms. The SMILES string of the molecule is CCC(CC)CNCc1c(C)oc2ccccc12. The van der Waals surface area contributed by atoms with Crippen LogP contribution < -0.4 is 5.32 Å². The fourth-order valence-corrected chi connectivity index (χ4v) is 2.42. The van der Waals surface area contributed by atoms with Crippen LogP contribution in [0.3, 0.4) is 0 Å². The molecule has 1 heterocycles. The van der Waals surface area contributed by atoms with Crippen LogP contribution in [0.5, 0.6) is 0 Å². The number of hydrogen-bond donors (Lipinski definition) is 1. The number of benzene rings is 1. The molecule has 0 amide bonds. The predicted molar refractivity (Wildman–Crippen MR) is 76.7 cm³/mol. The Kier molecular flexibility index (Phi) is 4.43. The summed E-state index contributed by atoms with van der Waals surface area (Å²) in [6, 6.07) is 8.26. The van der Waals surface area contributed by atoms with Crippen LogP contribution in [0.1, 0.15) is 38.0 Å². The van der Waals surface area contributed by atoms with E-state index in [1.165, 1.54) is 23.8 Å². The van der Waals surface area contributed by atoms with Crippen molar-refractivity contribution in [1.29, 1.82) is 0 Å². The van der Waals surface area contributed by atoms with Gasteiger partial charge in [-0.15, -0.1) is 0 Å². The van der Waals surface area contributed by atoms with Crippen molar-refractivity contribution in [1.82, 2.24) is 5.32 Å². The van der Waals surface area contributed by atoms with Crippen molar-refractivity contribution in [2.45, 2.75) is 40.2 Å². The Morgan fingerprint density at radius 3 is 2.61 bits per heavy atom. The summed E-state index contributed by atoms with van der Waals surface area (Å²) in [6.07, 6.45) is 2.49. The minimum absolute atomic E-state index is 0.781. The zero-order valence-corrected chi connectivity index (χ0v) is 11.6. The molecule has 1 N–H and O–H groups in total. The number of para-hydroxylation sites is 1. The van der Waals surface area contributed by atoms with Gasteiger partial charge in [0, 0.05) is 17.5 Å². The molecule has 0 aliphatic carbocycles. The summed E-state index contributed by atoms with van der Waals surface area (Å²) in [4.78, 5) is 0. The van der Waals surface area contributed by atoms with Gasteiger partial charge in [0.05, 0.1) is 0 Å². The maximum atomic E-state index is 5.77. The van der Waals surface area contributed by atoms with Crippen LogP contribution in [0.15, 0.2) is 28.7 Å². The van der Waals surface area contributed by atoms with Gasteiger partial charge in [-0.1, -0.05) is 44.9 Å². The standard InChI is InChI=1S/C16H23NO/c1-4-13(5-2)10-17-11-15-12(3)18-16-9-7-6-8-14(15)16/h6-9,13,17H,4-5,10-11H2,1-3H3. The van der Waals surface area contributed by atoms with Crippen LogP contribution in [0.25, 0.3) is 11.0 Å². The Hall–Kier alpha value is -1.28. The molecule has 2 nitrogen and oxygen atoms in total. The topological polar surface area (TPSA) is 25.2 Å². The Morgan fingerprint density at radius 1 is 1.17 bits per heavy atom. The maximum absolute atomic E-state index is 5.77. The van der Waals surface area contributed by atoms with Gasteiger partial charge in [0.15, 0.2) is 0 Å². The highest BCUT2D eigenvalue weighted by Gasteiger charge is 2.10. The largest absolute Gasteiger partial charge is 0.461 e. The number of nitrogens with one attached hydrogen (secondary N) is 1. The van der Waals surface area contributed by atoms with Gasteiger partial charge in [-0.25, -0.2) is 0 Å². The molecule has 0 saturated heterocycles. The van der Waals surface area contributed by atoms with Gasteiger partial charge in [0.2, 0.25) is 0 Å². The average molecular weight is 245 g/mol. The summed E-state index contributed by atoms with van der Waals surface area (Å²) in [6.45, 7) is 8.56. The van der Waals surface area contributed by atoms with Crippen molar-refractivity contribution in [2.75, 3.05) is 6.54 Å². The first-order valence-corrected chi connectivity index (χ1v) is 6.94. The molecule has 2 rings (SSSR count). The monoisotopic (exact) mass is 245 g/mol. The molecule has 0 fully saturated rings. The number of fused-ring (bicyclic) bond motifs is 1. The smallest absolute Gasteiger partial charge is 0.134 e. The highest BCUT2D eigenvalue weighted by Crippen LogP contribution is 2.24. The van der Waals surface area contributed by atoms with Crippen molar-refractivity contribution >= 4 is 11.0 Å². The van der Waals surface area contributed by atoms with E-state index in [4.69, 9.17) is 4.42 Å². The van der Waals surface area contributed by atoms with E-state index < -0.39 is 0 Å². The van der Waals surface area contributed by atoms with Crippen molar-refractivity contribution in [3.05, 3.63) is 35.6 Å². The second-order valence-electron chi connectivity index (χ2n) is 4.95. The van der Waals surface area contributed by atoms with Crippen LogP contribution in [0.2, 0.25) is 0 Å². The molecule has 0 radical (unpaired) electrons. The zero-order chi connectivity index (χ0) is 13.0. The van der Waals surface area contributed by atoms with E-state index in [1.54, 1.807) is 0 Å². The first-order chi connectivity index (χ1) is 8.76. The summed E-state index contributed by atoms with van der Waals surface area (Å²) in [5, 5.41) is 4.81. The third-order valence-electron chi connectivity index (χ3n) is 3.79. The lowest BCUT2D eigenvalue weighted by atomic mass is 10.0. The molecule has 0 bridgehead atoms. The Labute approximate surface area is 109 Å². The van der Waals surface area contributed by atoms with E-state index >= 15 is 0 Å². The zero-order valence-electron chi connectivity index (χ0n) is 11.6. The minimum Gasteiger partial charge on any atom is -0.461 e. The molecule has 0 saturated carbocycles. The summed E-state index contributed by atoms with van der Waals surface area (Å²) in [7, 11) is 0. The molecule has 18 heavy (non-hydrogen) atoms. The summed E-state index contributed by atoms with van der Waals surface area (Å²) in [5.74, 6) is 1.82. The third kappa shape index (κ3) is 2.75. The second kappa shape index (κ2) is 6.05. The van der Waals surface area contributed by atoms with E-state index in [-0.39, 0.29) is 0 Å². The highest BCUT2D eigenvalue weighted by atomic mass is 16.3. The van der Waals surface area contributed by atoms with Crippen molar-refractivity contribution < 1.29 is 4.42 Å². The highest BCUT2D eigenvalue weighted by molar-refractivity contribution is 5.82. The van der Waals surface area contributed by atoms with Crippen LogP contribution in [-0.4, -0.2) is 6.54 Å². The average Bonchev–Trinajstić information content (AvgIpc) is 2.71. The maximum Gasteiger partial charge on any atom is 0.134 e. The van der Waals surface area contributed by atoms with Crippen LogP contribution in [0, 0.1) is 12.8 Å². The first kappa shape index (κ1) is 13.2. The predicted octanol–water partition coefficient (Wildman–Crippen LogP) is 4.27. The van der Waals surface area contributed by atoms with E-state index in [1.807, 2.05) is 19.1 Å². The molecule has 0 unspecified atom stereocenters. The number of furan rings is 1. The lowest BCUT2D eigenvalue weighted by Crippen LogP contribution is -2.21. The van der Waals surface area contributed by atoms with Gasteiger partial charge in [-0.05, 0) is 25.5 Å². The van der Waals surface area contributed by atoms with Gasteiger partial charge >= 0.3 is 0 Å². The fourth-order valence-electron chi connectivity index (χ4n) is 2.42. The molecule has 1 aromatic heterocycles. The van der Waals surface area contributed by atoms with Gasteiger partial charge in [0.25, 0.3) is 0 Å². The number of aryl methyl sites for hydroxylation is 1. The molecule has 0 atom stereocenters. The lowest BCUT2D eigenvalue weighted by molar-refractivity contribution is 0.448. The Balaban J connectivity index is 2.05. The summed E-state index contributed by atoms with van der Waals surface area (Å²) < 4.78 is 5.77. The fraction of sp³-hybridized carbons (Fsp3) is 0.500. The quantitative estimate of drug-likeness (QED) is 0.822. The van der Waals surface area contributed by atoms with E-state index in [0.717, 1.165) is 30.4 Å². The van der Waals surface area contributed by atoms with Gasteiger partial charge < -0.3 is 9.73 Å². The summed E-state index contributed by atoms with van der Waals surface area (Å²) in [5.41, 5.74) is 2.30. The molecular formula is C16H23NO. The molecule has 2 aromatic rings. The van der Waals surface area contributed by atoms with Crippen LogP contribution >= 0.6 is 0 Å². The van der Waals surface area contributed by atoms with Gasteiger partial charge in [-0.2, -0.15) is 0 Å². The van der Waals surface area contributed by atoms with Crippen molar-refractivity contribution in [3.63, 3.8) is 0 Å². The Bertz CT molecular complexity index is 497. The van der Waals surface area contributed by atoms with E-state index in [2.05, 4.69) is 31.3 Å². The molecule has 0 aliphatic rings. The van der Waals surface area contributed by atoms with E-state index in [0.29, 0.717) is 0 Å². The van der Waals surface area contributed by atoms with Crippen LogP contribution in [0.4, 0.5) is 0 Å². The third-order valence-corrected chi connectivity index (χ3v) is 3.79.